The lowest BCUT2D eigenvalue weighted by atomic mass is 10.2. The van der Waals surface area contributed by atoms with Crippen LogP contribution < -0.4 is 10.1 Å². The first kappa shape index (κ1) is 14.7. The first-order chi connectivity index (χ1) is 9.65. The number of ether oxygens (including phenoxy) is 1. The fourth-order valence-corrected chi connectivity index (χ4v) is 2.62. The number of aryl methyl sites for hydroxylation is 1. The van der Waals surface area contributed by atoms with Crippen LogP contribution in [0.1, 0.15) is 29.4 Å². The van der Waals surface area contributed by atoms with Gasteiger partial charge < -0.3 is 14.6 Å². The van der Waals surface area contributed by atoms with Gasteiger partial charge in [-0.15, -0.1) is 0 Å². The molecule has 0 spiro atoms. The standard InChI is InChI=1S/C17H24N2O/c1-5-19-13(2)10-16(14(19)3)12-18-11-15-6-8-17(20-4)9-7-15/h6-10,18H,5,11-12H2,1-4H3. The summed E-state index contributed by atoms with van der Waals surface area (Å²) in [6.45, 7) is 9.38. The third kappa shape index (κ3) is 3.23. The quantitative estimate of drug-likeness (QED) is 0.872. The molecule has 0 atom stereocenters. The maximum absolute atomic E-state index is 5.16. The maximum Gasteiger partial charge on any atom is 0.118 e. The Kier molecular flexibility index (Phi) is 4.85. The van der Waals surface area contributed by atoms with E-state index in [0.29, 0.717) is 0 Å². The monoisotopic (exact) mass is 272 g/mol. The Morgan fingerprint density at radius 2 is 1.80 bits per heavy atom. The summed E-state index contributed by atoms with van der Waals surface area (Å²) in [5.74, 6) is 0.903. The van der Waals surface area contributed by atoms with Crippen molar-refractivity contribution in [3.8, 4) is 5.75 Å². The molecule has 0 amide bonds. The molecule has 0 aliphatic heterocycles. The van der Waals surface area contributed by atoms with Gasteiger partial charge in [0.25, 0.3) is 0 Å². The van der Waals surface area contributed by atoms with Gasteiger partial charge in [-0.05, 0) is 50.1 Å². The van der Waals surface area contributed by atoms with Gasteiger partial charge in [0.1, 0.15) is 5.75 Å². The van der Waals surface area contributed by atoms with Gasteiger partial charge in [0.05, 0.1) is 7.11 Å². The van der Waals surface area contributed by atoms with Crippen LogP contribution in [-0.4, -0.2) is 11.7 Å². The normalized spacial score (nSPS) is 10.8. The van der Waals surface area contributed by atoms with E-state index in [4.69, 9.17) is 4.74 Å². The number of methoxy groups -OCH3 is 1. The zero-order chi connectivity index (χ0) is 14.5. The Hall–Kier alpha value is -1.74. The fraction of sp³-hybridized carbons (Fsp3) is 0.412. The van der Waals surface area contributed by atoms with Crippen LogP contribution in [0.4, 0.5) is 0 Å². The molecule has 1 aromatic heterocycles. The average molecular weight is 272 g/mol. The van der Waals surface area contributed by atoms with Gasteiger partial charge >= 0.3 is 0 Å². The van der Waals surface area contributed by atoms with E-state index in [2.05, 4.69) is 48.9 Å². The number of aromatic nitrogens is 1. The van der Waals surface area contributed by atoms with E-state index in [0.717, 1.165) is 25.4 Å². The number of hydrogen-bond donors (Lipinski definition) is 1. The summed E-state index contributed by atoms with van der Waals surface area (Å²) < 4.78 is 7.52. The first-order valence-electron chi connectivity index (χ1n) is 7.15. The van der Waals surface area contributed by atoms with E-state index in [9.17, 15) is 0 Å². The van der Waals surface area contributed by atoms with Gasteiger partial charge in [-0.25, -0.2) is 0 Å². The molecule has 0 unspecified atom stereocenters. The highest BCUT2D eigenvalue weighted by atomic mass is 16.5. The summed E-state index contributed by atoms with van der Waals surface area (Å²) in [6, 6.07) is 10.5. The Morgan fingerprint density at radius 1 is 1.10 bits per heavy atom. The minimum Gasteiger partial charge on any atom is -0.497 e. The molecule has 20 heavy (non-hydrogen) atoms. The molecular weight excluding hydrogens is 248 g/mol. The van der Waals surface area contributed by atoms with E-state index >= 15 is 0 Å². The average Bonchev–Trinajstić information content (AvgIpc) is 2.74. The third-order valence-electron chi connectivity index (χ3n) is 3.80. The number of nitrogens with zero attached hydrogens (tertiary/aromatic N) is 1. The molecule has 108 valence electrons. The number of rotatable bonds is 6. The second-order valence-electron chi connectivity index (χ2n) is 5.09. The smallest absolute Gasteiger partial charge is 0.118 e. The SMILES string of the molecule is CCn1c(C)cc(CNCc2ccc(OC)cc2)c1C. The molecule has 0 saturated carbocycles. The van der Waals surface area contributed by atoms with Crippen molar-refractivity contribution < 1.29 is 4.74 Å². The molecule has 1 N–H and O–H groups in total. The van der Waals surface area contributed by atoms with Crippen molar-refractivity contribution in [2.24, 2.45) is 0 Å². The number of nitrogens with one attached hydrogen (secondary N) is 1. The zero-order valence-corrected chi connectivity index (χ0v) is 12.9. The third-order valence-corrected chi connectivity index (χ3v) is 3.80. The van der Waals surface area contributed by atoms with Crippen molar-refractivity contribution in [3.05, 3.63) is 52.8 Å². The van der Waals surface area contributed by atoms with Crippen molar-refractivity contribution >= 4 is 0 Å². The lowest BCUT2D eigenvalue weighted by Gasteiger charge is -2.08. The van der Waals surface area contributed by atoms with E-state index in [1.54, 1.807) is 7.11 Å². The first-order valence-corrected chi connectivity index (χ1v) is 7.15. The molecule has 1 heterocycles. The number of hydrogen-bond acceptors (Lipinski definition) is 2. The van der Waals surface area contributed by atoms with Crippen LogP contribution in [-0.2, 0) is 19.6 Å². The predicted molar refractivity (Wildman–Crippen MR) is 83.1 cm³/mol. The van der Waals surface area contributed by atoms with Gasteiger partial charge in [0.2, 0.25) is 0 Å². The van der Waals surface area contributed by atoms with E-state index < -0.39 is 0 Å². The lowest BCUT2D eigenvalue weighted by Crippen LogP contribution is -2.13. The summed E-state index contributed by atoms with van der Waals surface area (Å²) in [5.41, 5.74) is 5.37. The summed E-state index contributed by atoms with van der Waals surface area (Å²) in [6.07, 6.45) is 0. The van der Waals surface area contributed by atoms with E-state index in [1.807, 2.05) is 12.1 Å². The lowest BCUT2D eigenvalue weighted by molar-refractivity contribution is 0.414. The highest BCUT2D eigenvalue weighted by Gasteiger charge is 2.06. The fourth-order valence-electron chi connectivity index (χ4n) is 2.62. The largest absolute Gasteiger partial charge is 0.497 e. The van der Waals surface area contributed by atoms with Crippen molar-refractivity contribution in [1.29, 1.82) is 0 Å². The predicted octanol–water partition coefficient (Wildman–Crippen LogP) is 3.42. The second kappa shape index (κ2) is 6.62. The van der Waals surface area contributed by atoms with Crippen LogP contribution in [0.5, 0.6) is 5.75 Å². The molecule has 0 bridgehead atoms. The van der Waals surface area contributed by atoms with Crippen LogP contribution in [0.15, 0.2) is 30.3 Å². The van der Waals surface area contributed by atoms with Crippen LogP contribution in [0.3, 0.4) is 0 Å². The highest BCUT2D eigenvalue weighted by Crippen LogP contribution is 2.15. The van der Waals surface area contributed by atoms with Crippen molar-refractivity contribution in [3.63, 3.8) is 0 Å². The molecule has 0 saturated heterocycles. The molecule has 0 fully saturated rings. The summed E-state index contributed by atoms with van der Waals surface area (Å²) in [5, 5.41) is 3.51. The van der Waals surface area contributed by atoms with Crippen LogP contribution in [0.2, 0.25) is 0 Å². The molecule has 3 nitrogen and oxygen atoms in total. The molecule has 1 aromatic carbocycles. The second-order valence-corrected chi connectivity index (χ2v) is 5.09. The van der Waals surface area contributed by atoms with Crippen LogP contribution in [0, 0.1) is 13.8 Å². The minimum atomic E-state index is 0.875. The number of benzene rings is 1. The Labute approximate surface area is 121 Å². The molecule has 3 heteroatoms. The van der Waals surface area contributed by atoms with Crippen LogP contribution >= 0.6 is 0 Å². The van der Waals surface area contributed by atoms with Gasteiger partial charge in [-0.1, -0.05) is 12.1 Å². The van der Waals surface area contributed by atoms with Gasteiger partial charge in [-0.2, -0.15) is 0 Å². The molecule has 0 aliphatic carbocycles. The molecule has 0 radical (unpaired) electrons. The molecular formula is C17H24N2O. The minimum absolute atomic E-state index is 0.875. The maximum atomic E-state index is 5.16. The van der Waals surface area contributed by atoms with E-state index in [-0.39, 0.29) is 0 Å². The van der Waals surface area contributed by atoms with Crippen molar-refractivity contribution in [1.82, 2.24) is 9.88 Å². The van der Waals surface area contributed by atoms with Gasteiger partial charge in [-0.3, -0.25) is 0 Å². The van der Waals surface area contributed by atoms with Crippen molar-refractivity contribution in [2.75, 3.05) is 7.11 Å². The van der Waals surface area contributed by atoms with Crippen molar-refractivity contribution in [2.45, 2.75) is 40.4 Å². The topological polar surface area (TPSA) is 26.2 Å². The zero-order valence-electron chi connectivity index (χ0n) is 12.9. The van der Waals surface area contributed by atoms with E-state index in [1.165, 1.54) is 22.5 Å². The van der Waals surface area contributed by atoms with Gasteiger partial charge in [0.15, 0.2) is 0 Å². The Bertz CT molecular complexity index is 555. The summed E-state index contributed by atoms with van der Waals surface area (Å²) in [4.78, 5) is 0. The Balaban J connectivity index is 1.92. The summed E-state index contributed by atoms with van der Waals surface area (Å²) >= 11 is 0. The molecule has 2 aromatic rings. The Morgan fingerprint density at radius 3 is 2.35 bits per heavy atom. The molecule has 0 aliphatic rings. The highest BCUT2D eigenvalue weighted by molar-refractivity contribution is 5.28. The van der Waals surface area contributed by atoms with Crippen LogP contribution in [0.25, 0.3) is 0 Å². The van der Waals surface area contributed by atoms with Gasteiger partial charge in [0, 0.05) is 31.0 Å². The molecule has 2 rings (SSSR count). The summed E-state index contributed by atoms with van der Waals surface area (Å²) in [7, 11) is 1.69.